The molecule has 1 aromatic carbocycles. The van der Waals surface area contributed by atoms with Crippen molar-refractivity contribution in [3.05, 3.63) is 47.7 Å². The molecule has 2 fully saturated rings. The summed E-state index contributed by atoms with van der Waals surface area (Å²) in [6.07, 6.45) is 4.47. The summed E-state index contributed by atoms with van der Waals surface area (Å²) >= 11 is 0.965. The number of carboxylic acids is 1. The largest absolute Gasteiger partial charge is 0.489 e. The Labute approximate surface area is 297 Å². The summed E-state index contributed by atoms with van der Waals surface area (Å²) in [4.78, 5) is 47.1. The zero-order valence-corrected chi connectivity index (χ0v) is 29.4. The number of amides is 2. The predicted octanol–water partition coefficient (Wildman–Crippen LogP) is -0.467. The second-order valence-corrected chi connectivity index (χ2v) is 14.4. The summed E-state index contributed by atoms with van der Waals surface area (Å²) in [6, 6.07) is 5.78. The van der Waals surface area contributed by atoms with Gasteiger partial charge in [-0.05, 0) is 57.5 Å². The number of hydroxylamine groups is 2. The lowest BCUT2D eigenvalue weighted by Crippen LogP contribution is -2.76. The van der Waals surface area contributed by atoms with Gasteiger partial charge >= 0.3 is 16.4 Å². The molecule has 4 heterocycles. The van der Waals surface area contributed by atoms with Gasteiger partial charge in [0.2, 0.25) is 6.20 Å². The second-order valence-electron chi connectivity index (χ2n) is 12.5. The molecule has 8 N–H and O–H groups in total. The normalized spacial score (nSPS) is 19.4. The molecule has 21 heteroatoms. The number of carbonyl (C=O) groups is 3. The molecule has 2 saturated heterocycles. The summed E-state index contributed by atoms with van der Waals surface area (Å²) in [5.74, 6) is -2.54. The van der Waals surface area contributed by atoms with E-state index in [1.807, 2.05) is 12.1 Å². The van der Waals surface area contributed by atoms with Crippen LogP contribution < -0.4 is 31.5 Å². The number of β-lactam (4-membered cyclic amide) rings is 1. The van der Waals surface area contributed by atoms with Crippen LogP contribution in [0.3, 0.4) is 0 Å². The van der Waals surface area contributed by atoms with Gasteiger partial charge < -0.3 is 36.8 Å². The number of hydrogen-bond donors (Lipinski definition) is 6. The summed E-state index contributed by atoms with van der Waals surface area (Å²) in [7, 11) is -5.02. The van der Waals surface area contributed by atoms with Crippen molar-refractivity contribution < 1.29 is 51.0 Å². The maximum atomic E-state index is 13.3. The van der Waals surface area contributed by atoms with Crippen molar-refractivity contribution in [1.82, 2.24) is 25.4 Å². The number of anilines is 1. The van der Waals surface area contributed by atoms with Gasteiger partial charge in [0, 0.05) is 17.8 Å². The van der Waals surface area contributed by atoms with Crippen LogP contribution in [0.15, 0.2) is 47.2 Å². The molecule has 0 bridgehead atoms. The molecular formula is C30H40N9O10S2+. The monoisotopic (exact) mass is 750 g/mol. The fraction of sp³-hybridized carbons (Fsp3) is 0.467. The first-order chi connectivity index (χ1) is 24.2. The quantitative estimate of drug-likeness (QED) is 0.0335. The smallest absolute Gasteiger partial charge is 0.418 e. The van der Waals surface area contributed by atoms with Crippen molar-refractivity contribution in [3.63, 3.8) is 0 Å². The predicted molar refractivity (Wildman–Crippen MR) is 181 cm³/mol. The highest BCUT2D eigenvalue weighted by Crippen LogP contribution is 2.33. The Morgan fingerprint density at radius 1 is 1.27 bits per heavy atom. The third-order valence-electron chi connectivity index (χ3n) is 8.34. The van der Waals surface area contributed by atoms with Gasteiger partial charge in [0.1, 0.15) is 24.1 Å². The van der Waals surface area contributed by atoms with Gasteiger partial charge in [0.15, 0.2) is 17.4 Å². The number of nitrogens with one attached hydrogen (secondary N) is 2. The van der Waals surface area contributed by atoms with Crippen LogP contribution in [0.4, 0.5) is 5.13 Å². The highest BCUT2D eigenvalue weighted by Gasteiger charge is 2.58. The van der Waals surface area contributed by atoms with E-state index in [4.69, 9.17) is 25.6 Å². The number of hydrogen-bond acceptors (Lipinski definition) is 14. The van der Waals surface area contributed by atoms with Gasteiger partial charge in [-0.3, -0.25) is 14.1 Å². The number of carboxylic acid groups (broad SMARTS) is 1. The number of benzene rings is 1. The van der Waals surface area contributed by atoms with Crippen LogP contribution in [0.1, 0.15) is 32.4 Å². The number of ether oxygens (including phenoxy) is 1. The molecule has 2 amide bonds. The van der Waals surface area contributed by atoms with Crippen molar-refractivity contribution in [1.29, 1.82) is 0 Å². The highest BCUT2D eigenvalue weighted by atomic mass is 32.3. The summed E-state index contributed by atoms with van der Waals surface area (Å²) in [5.41, 5.74) is 11.4. The molecule has 0 saturated carbocycles. The van der Waals surface area contributed by atoms with Crippen LogP contribution in [0.5, 0.6) is 5.75 Å². The summed E-state index contributed by atoms with van der Waals surface area (Å²) in [5, 5.41) is 21.2. The van der Waals surface area contributed by atoms with Crippen molar-refractivity contribution in [2.45, 2.75) is 57.5 Å². The van der Waals surface area contributed by atoms with Gasteiger partial charge in [-0.15, -0.1) is 20.3 Å². The molecular weight excluding hydrogens is 711 g/mol. The zero-order valence-electron chi connectivity index (χ0n) is 27.8. The van der Waals surface area contributed by atoms with Crippen molar-refractivity contribution in [2.24, 2.45) is 16.8 Å². The van der Waals surface area contributed by atoms with E-state index in [1.165, 1.54) is 19.2 Å². The molecule has 19 nitrogen and oxygen atoms in total. The number of carbonyl (C=O) groups excluding carboxylic acids is 2. The minimum Gasteiger partial charge on any atom is -0.489 e. The number of nitrogens with zero attached hydrogens (tertiary/aromatic N) is 5. The number of oxime groups is 1. The first-order valence-electron chi connectivity index (χ1n) is 15.9. The van der Waals surface area contributed by atoms with E-state index < -0.39 is 58.2 Å². The average Bonchev–Trinajstić information content (AvgIpc) is 3.85. The molecule has 0 radical (unpaired) electrons. The molecule has 0 aliphatic carbocycles. The third kappa shape index (κ3) is 9.17. The highest BCUT2D eigenvalue weighted by molar-refractivity contribution is 7.80. The Hall–Kier alpha value is -4.67. The van der Waals surface area contributed by atoms with Crippen LogP contribution in [0.25, 0.3) is 11.1 Å². The first kappa shape index (κ1) is 37.6. The van der Waals surface area contributed by atoms with E-state index in [9.17, 15) is 27.9 Å². The van der Waals surface area contributed by atoms with Crippen LogP contribution in [-0.2, 0) is 47.0 Å². The van der Waals surface area contributed by atoms with Gasteiger partial charge in [0.25, 0.3) is 17.9 Å². The van der Waals surface area contributed by atoms with Crippen LogP contribution >= 0.6 is 11.3 Å². The topological polar surface area (TPSA) is 267 Å². The van der Waals surface area contributed by atoms with Crippen molar-refractivity contribution in [3.8, 4) is 16.9 Å². The van der Waals surface area contributed by atoms with Crippen molar-refractivity contribution in [2.75, 3.05) is 32.0 Å². The molecule has 1 unspecified atom stereocenters. The van der Waals surface area contributed by atoms with E-state index in [-0.39, 0.29) is 10.8 Å². The third-order valence-corrected chi connectivity index (χ3v) is 9.35. The average molecular weight is 751 g/mol. The molecule has 5 rings (SSSR count). The van der Waals surface area contributed by atoms with E-state index >= 15 is 0 Å². The number of aromatic nitrogens is 3. The zero-order chi connectivity index (χ0) is 36.9. The number of rotatable bonds is 17. The Bertz CT molecular complexity index is 1870. The summed E-state index contributed by atoms with van der Waals surface area (Å²) in [6.45, 7) is 6.50. The number of nitrogen functional groups attached to an aromatic ring is 1. The molecule has 51 heavy (non-hydrogen) atoms. The minimum atomic E-state index is -5.02. The SMILES string of the molecule is CC1(C)[C@H](NC(=O)/C(=N\OC(COc2ccc(-c3cn(CCCN)[n+](C[C@@H]4CCNC4)c3)cc2)C(=O)O)c2csc(N)n2)C(=O)N1OS(=O)(=O)O. The first-order valence-corrected chi connectivity index (χ1v) is 18.1. The Morgan fingerprint density at radius 3 is 2.61 bits per heavy atom. The minimum absolute atomic E-state index is 0.0629. The van der Waals surface area contributed by atoms with E-state index in [0.29, 0.717) is 23.3 Å². The van der Waals surface area contributed by atoms with Gasteiger partial charge in [0.05, 0.1) is 23.8 Å². The molecule has 2 aliphatic heterocycles. The number of aliphatic carboxylic acids is 1. The molecule has 0 spiro atoms. The fourth-order valence-corrected chi connectivity index (χ4v) is 6.59. The maximum Gasteiger partial charge on any atom is 0.418 e. The molecule has 3 aromatic rings. The van der Waals surface area contributed by atoms with Crippen LogP contribution in [0, 0.1) is 5.92 Å². The number of thiazole rings is 1. The Kier molecular flexibility index (Phi) is 11.6. The lowest BCUT2D eigenvalue weighted by atomic mass is 9.84. The molecule has 3 atom stereocenters. The lowest BCUT2D eigenvalue weighted by molar-refractivity contribution is -0.780. The van der Waals surface area contributed by atoms with E-state index in [1.54, 1.807) is 12.1 Å². The van der Waals surface area contributed by atoms with Gasteiger partial charge in [-0.2, -0.15) is 18.2 Å². The number of aryl methyl sites for hydroxylation is 1. The second kappa shape index (κ2) is 15.7. The van der Waals surface area contributed by atoms with Gasteiger partial charge in [-0.25, -0.2) is 9.78 Å². The van der Waals surface area contributed by atoms with E-state index in [0.717, 1.165) is 61.5 Å². The summed E-state index contributed by atoms with van der Waals surface area (Å²) < 4.78 is 45.6. The van der Waals surface area contributed by atoms with Gasteiger partial charge in [-0.1, -0.05) is 17.3 Å². The maximum absolute atomic E-state index is 13.3. The van der Waals surface area contributed by atoms with Crippen LogP contribution in [0.2, 0.25) is 0 Å². The molecule has 2 aliphatic rings. The van der Waals surface area contributed by atoms with Crippen molar-refractivity contribution >= 4 is 50.4 Å². The molecule has 2 aromatic heterocycles. The van der Waals surface area contributed by atoms with E-state index in [2.05, 4.69) is 46.8 Å². The Balaban J connectivity index is 1.25. The standard InChI is InChI=1S/C30H39N9O10S2/c1-30(2)25(27(41)39(30)49-51(44,45)46)35-26(40)24(22-17-50-29(32)34-22)36-48-23(28(42)43)16-47-21-6-4-19(5-7-21)20-14-37(11-3-9-31)38(15-20)13-18-8-10-33-12-18/h4-7,14-15,17-18,23,25,33H,3,8-13,16,31H2,1-2H3,(H4-,32,34,35,40,42,43,44,45,46)/p+1/b36-24-/t18-,23?,25-/m1/s1. The fourth-order valence-electron chi connectivity index (χ4n) is 5.59. The van der Waals surface area contributed by atoms with Crippen LogP contribution in [-0.4, -0.2) is 100 Å². The lowest BCUT2D eigenvalue weighted by Gasteiger charge is -2.50. The number of nitrogens with two attached hydrogens (primary N) is 2. The molecule has 276 valence electrons. The Morgan fingerprint density at radius 2 is 2.02 bits per heavy atom.